The number of hydrogen-bond acceptors (Lipinski definition) is 12. The molecule has 20 nitrogen and oxygen atoms in total. The van der Waals surface area contributed by atoms with Crippen molar-refractivity contribution in [3.05, 3.63) is 374 Å². The Morgan fingerprint density at radius 2 is 0.610 bits per heavy atom. The quantitative estimate of drug-likeness (QED) is 0.0843. The first-order valence-corrected chi connectivity index (χ1v) is 48.8. The van der Waals surface area contributed by atoms with Gasteiger partial charge in [-0.15, -0.1) is 0 Å². The molecule has 32 heteroatoms. The fourth-order valence-electron chi connectivity index (χ4n) is 20.3. The Labute approximate surface area is 843 Å². The van der Waals surface area contributed by atoms with Crippen LogP contribution >= 0.6 is 136 Å². The van der Waals surface area contributed by atoms with Gasteiger partial charge in [0.15, 0.2) is 20.4 Å². The first kappa shape index (κ1) is 90.3. The van der Waals surface area contributed by atoms with Crippen molar-refractivity contribution >= 4 is 246 Å². The Hall–Kier alpha value is -12.2. The van der Waals surface area contributed by atoms with Gasteiger partial charge in [-0.3, -0.25) is 38.8 Å². The number of carbonyl (C=O) groups is 4. The molecular weight excluding hydrogens is 2100 g/mol. The van der Waals surface area contributed by atoms with Gasteiger partial charge in [0.1, 0.15) is 58.8 Å². The van der Waals surface area contributed by atoms with Crippen molar-refractivity contribution < 1.29 is 46.9 Å². The van der Waals surface area contributed by atoms with E-state index >= 15 is 0 Å². The maximum Gasteiger partial charge on any atom is 0.256 e. The molecule has 0 spiro atoms. The van der Waals surface area contributed by atoms with Crippen LogP contribution in [0.5, 0.6) is 23.0 Å². The summed E-state index contributed by atoms with van der Waals surface area (Å²) in [6, 6.07) is 79.8. The first-order valence-electron chi connectivity index (χ1n) is 43.3. The van der Waals surface area contributed by atoms with Crippen LogP contribution in [0.15, 0.2) is 285 Å². The lowest BCUT2D eigenvalue weighted by Gasteiger charge is -2.37. The van der Waals surface area contributed by atoms with Gasteiger partial charge in [0.05, 0.1) is 80.4 Å². The van der Waals surface area contributed by atoms with Gasteiger partial charge in [0.25, 0.3) is 23.6 Å². The van der Waals surface area contributed by atoms with Crippen molar-refractivity contribution in [2.45, 2.75) is 74.0 Å². The number of para-hydroxylation sites is 2. The van der Waals surface area contributed by atoms with Gasteiger partial charge < -0.3 is 58.5 Å². The van der Waals surface area contributed by atoms with E-state index in [0.29, 0.717) is 73.2 Å². The van der Waals surface area contributed by atoms with E-state index in [1.54, 1.807) is 86.8 Å². The second-order valence-corrected chi connectivity index (χ2v) is 39.7. The summed E-state index contributed by atoms with van der Waals surface area (Å²) in [5.74, 6) is 1.67. The van der Waals surface area contributed by atoms with E-state index in [1.807, 2.05) is 174 Å². The van der Waals surface area contributed by atoms with Crippen molar-refractivity contribution in [2.75, 3.05) is 48.0 Å². The first-order chi connectivity index (χ1) is 65.9. The maximum atomic E-state index is 14.7. The van der Waals surface area contributed by atoms with E-state index in [2.05, 4.69) is 130 Å². The molecule has 4 saturated heterocycles. The topological polar surface area (TPSA) is 194 Å². The van der Waals surface area contributed by atoms with Crippen molar-refractivity contribution in [3.63, 3.8) is 0 Å². The molecule has 4 aromatic heterocycles. The zero-order valence-corrected chi connectivity index (χ0v) is 83.5. The number of halogens is 8. The molecule has 8 atom stereocenters. The predicted octanol–water partition coefficient (Wildman–Crippen LogP) is 23.9. The summed E-state index contributed by atoms with van der Waals surface area (Å²) in [6.45, 7) is 0. The molecule has 16 aromatic rings. The Bertz CT molecular complexity index is 7220. The zero-order valence-electron chi connectivity index (χ0n) is 72.4. The molecule has 8 aliphatic rings. The highest BCUT2D eigenvalue weighted by molar-refractivity contribution is 9.11. The third kappa shape index (κ3) is 15.6. The van der Waals surface area contributed by atoms with Crippen LogP contribution < -0.4 is 38.5 Å². The molecule has 4 fully saturated rings. The zero-order chi connectivity index (χ0) is 94.2. The minimum Gasteiger partial charge on any atom is -0.497 e. The van der Waals surface area contributed by atoms with Gasteiger partial charge in [-0.1, -0.05) is 172 Å². The number of hydrogen-bond donors (Lipinski definition) is 4. The van der Waals surface area contributed by atoms with Gasteiger partial charge in [-0.2, -0.15) is 0 Å². The van der Waals surface area contributed by atoms with Gasteiger partial charge >= 0.3 is 0 Å². The number of ether oxygens (including phenoxy) is 4. The average molecular weight is 2180 g/mol. The van der Waals surface area contributed by atoms with E-state index in [-0.39, 0.29) is 53.5 Å². The smallest absolute Gasteiger partial charge is 0.256 e. The number of nitrogens with zero attached hydrogens (tertiary/aromatic N) is 8. The second-order valence-electron chi connectivity index (χ2n) is 33.7. The molecule has 136 heavy (non-hydrogen) atoms. The number of benzene rings is 12. The van der Waals surface area contributed by atoms with Crippen LogP contribution in [0.4, 0.5) is 31.5 Å². The number of nitrogens with one attached hydrogen (secondary N) is 4. The number of H-pyrrole nitrogens is 4. The lowest BCUT2D eigenvalue weighted by Crippen LogP contribution is -2.44. The summed E-state index contributed by atoms with van der Waals surface area (Å²) >= 11 is 50.6. The molecule has 12 aromatic carbocycles. The number of fused-ring (bicyclic) bond motifs is 16. The van der Waals surface area contributed by atoms with E-state index in [0.717, 1.165) is 152 Å². The van der Waals surface area contributed by atoms with Crippen LogP contribution in [-0.4, -0.2) is 136 Å². The molecule has 0 bridgehead atoms. The van der Waals surface area contributed by atoms with Crippen LogP contribution in [0, 0.1) is 11.6 Å². The highest BCUT2D eigenvalue weighted by atomic mass is 79.9. The number of thiocarbonyl (C=S) groups is 4. The molecule has 680 valence electrons. The molecule has 4 amide bonds. The molecule has 12 heterocycles. The maximum absolute atomic E-state index is 14.7. The second kappa shape index (κ2) is 36.4. The van der Waals surface area contributed by atoms with Crippen molar-refractivity contribution in [3.8, 4) is 23.0 Å². The number of aromatic nitrogens is 4. The highest BCUT2D eigenvalue weighted by Crippen LogP contribution is 2.53. The number of methoxy groups -OCH3 is 4. The summed E-state index contributed by atoms with van der Waals surface area (Å²) in [7, 11) is 6.55. The standard InChI is InChI=1S/2C26H19BrClN3O2S.2C26H19BrFN3O2S/c1-33-18-8-5-14(6-9-18)24-23-20(19-11-15(27)7-10-21(19)29-23)13-22-25(32)30(26(34)31(22)24)17-4-2-3-16(28)12-17;1-33-16-9-6-14(7-10-16)24-23-18(17-12-15(27)8-11-20(17)29-23)13-22-25(32)31(26(34)30(22)24)21-5-3-2-4-19(21)28;1-33-18-8-5-14(6-9-18)24-23-20(19-11-15(27)7-10-21(19)29-23)13-22-25(32)30(26(34)31(22)24)17-4-2-3-16(28)12-17;1-33-16-9-6-14(7-10-16)24-23-18(17-12-15(27)8-11-20(17)29-23)13-22-25(32)31(26(34)30(22)24)21-5-3-2-4-19(21)28/h4*2-12,22,24,29H,13H2,1H3. The Balaban J connectivity index is 0.000000108. The fraction of sp³-hybridized carbons (Fsp3) is 0.154. The van der Waals surface area contributed by atoms with E-state index in [9.17, 15) is 28.0 Å². The van der Waals surface area contributed by atoms with Crippen LogP contribution in [0.2, 0.25) is 10.0 Å². The minimum atomic E-state index is -0.537. The lowest BCUT2D eigenvalue weighted by molar-refractivity contribution is -0.121. The normalized spacial score (nSPS) is 19.5. The molecule has 24 rings (SSSR count). The van der Waals surface area contributed by atoms with Gasteiger partial charge in [-0.25, -0.2) is 8.78 Å². The fourth-order valence-corrected chi connectivity index (χ4v) is 23.9. The van der Waals surface area contributed by atoms with E-state index in [1.165, 1.54) is 28.0 Å². The SMILES string of the molecule is COc1ccc(C2c3[nH]c4ccc(Br)cc4c3CC3C(=O)N(c4cccc(Cl)c4)C(=S)N32)cc1.COc1ccc(C2c3[nH]c4ccc(Br)cc4c3CC3C(=O)N(c4cccc(F)c4)C(=S)N32)cc1.COc1ccc(C2c3[nH]c4ccc(Br)cc4c3CC3C(=O)N(c4ccccc4Cl)C(=S)N32)cc1.COc1ccc(C2c3[nH]c4ccc(Br)cc4c3CC3C(=O)N(c4ccccc4F)C(=S)N32)cc1. The summed E-state index contributed by atoms with van der Waals surface area (Å²) < 4.78 is 54.1. The summed E-state index contributed by atoms with van der Waals surface area (Å²) in [5, 5.41) is 7.00. The number of carbonyl (C=O) groups excluding carboxylic acids is 4. The van der Waals surface area contributed by atoms with Crippen LogP contribution in [0.1, 0.15) is 91.5 Å². The van der Waals surface area contributed by atoms with E-state index < -0.39 is 35.8 Å². The highest BCUT2D eigenvalue weighted by Gasteiger charge is 2.56. The van der Waals surface area contributed by atoms with Crippen molar-refractivity contribution in [1.29, 1.82) is 0 Å². The molecule has 0 saturated carbocycles. The predicted molar refractivity (Wildman–Crippen MR) is 557 cm³/mol. The van der Waals surface area contributed by atoms with Gasteiger partial charge in [-0.05, 0) is 275 Å². The van der Waals surface area contributed by atoms with Crippen LogP contribution in [-0.2, 0) is 44.9 Å². The third-order valence-corrected chi connectivity index (χ3v) is 30.6. The van der Waals surface area contributed by atoms with Crippen LogP contribution in [0.25, 0.3) is 43.6 Å². The number of anilines is 4. The van der Waals surface area contributed by atoms with Gasteiger partial charge in [0.2, 0.25) is 0 Å². The van der Waals surface area contributed by atoms with Gasteiger partial charge in [0, 0.05) is 115 Å². The van der Waals surface area contributed by atoms with E-state index in [4.69, 9.17) is 91.0 Å². The van der Waals surface area contributed by atoms with Crippen molar-refractivity contribution in [2.24, 2.45) is 0 Å². The average Bonchev–Trinajstić information content (AvgIpc) is 1.57. The Morgan fingerprint density at radius 1 is 0.324 bits per heavy atom. The molecule has 8 aliphatic heterocycles. The van der Waals surface area contributed by atoms with Crippen LogP contribution in [0.3, 0.4) is 0 Å². The largest absolute Gasteiger partial charge is 0.497 e. The summed E-state index contributed by atoms with van der Waals surface area (Å²) in [6.07, 6.45) is 2.10. The molecule has 8 unspecified atom stereocenters. The number of rotatable bonds is 12. The third-order valence-electron chi connectivity index (χ3n) is 26.5. The Kier molecular flexibility index (Phi) is 24.1. The number of amides is 4. The monoisotopic (exact) mass is 2170 g/mol. The number of aromatic amines is 4. The molecular formula is C104H76Br4Cl2F2N12O8S4. The van der Waals surface area contributed by atoms with Crippen molar-refractivity contribution in [1.82, 2.24) is 39.5 Å². The summed E-state index contributed by atoms with van der Waals surface area (Å²) in [4.78, 5) is 83.5. The lowest BCUT2D eigenvalue weighted by atomic mass is 9.89. The minimum absolute atomic E-state index is 0.0409. The molecule has 4 N–H and O–H groups in total. The molecule has 0 aliphatic carbocycles. The summed E-state index contributed by atoms with van der Waals surface area (Å²) in [5.41, 5.74) is 18.5. The molecule has 0 radical (unpaired) electrons. The Morgan fingerprint density at radius 3 is 0.919 bits per heavy atom.